The fourth-order valence-electron chi connectivity index (χ4n) is 5.80. The number of nitrogens with two attached hydrogens (primary N) is 1. The number of hydrogen-bond donors (Lipinski definition) is 2. The van der Waals surface area contributed by atoms with Crippen molar-refractivity contribution in [2.75, 3.05) is 32.7 Å². The molecule has 3 N–H and O–H groups in total. The lowest BCUT2D eigenvalue weighted by atomic mass is 9.71. The SMILES string of the molecule is CC1(C)C=CC=C(C2CCN(CCCC(CNC(=O)CN)(c3ccc(F)cc3)c3ccc(F)cc3)CC2)C=C1. The van der Waals surface area contributed by atoms with E-state index in [1.54, 1.807) is 24.3 Å². The number of piperidine rings is 1. The maximum atomic E-state index is 13.9. The quantitative estimate of drug-likeness (QED) is 0.400. The molecule has 0 spiro atoms. The Balaban J connectivity index is 1.47. The van der Waals surface area contributed by atoms with Crippen LogP contribution in [0.4, 0.5) is 8.78 Å². The second-order valence-electron chi connectivity index (χ2n) is 11.5. The van der Waals surface area contributed by atoms with Gasteiger partial charge in [0.05, 0.1) is 6.54 Å². The number of hydrogen-bond acceptors (Lipinski definition) is 3. The summed E-state index contributed by atoms with van der Waals surface area (Å²) in [5.41, 5.74) is 8.20. The van der Waals surface area contributed by atoms with E-state index in [0.717, 1.165) is 50.0 Å². The summed E-state index contributed by atoms with van der Waals surface area (Å²) in [6, 6.07) is 12.8. The van der Waals surface area contributed by atoms with Crippen molar-refractivity contribution in [3.8, 4) is 0 Å². The molecule has 0 atom stereocenters. The summed E-state index contributed by atoms with van der Waals surface area (Å²) in [7, 11) is 0. The van der Waals surface area contributed by atoms with Gasteiger partial charge in [0, 0.05) is 17.4 Å². The van der Waals surface area contributed by atoms with Crippen molar-refractivity contribution in [2.24, 2.45) is 17.1 Å². The first-order valence-corrected chi connectivity index (χ1v) is 14.0. The maximum Gasteiger partial charge on any atom is 0.233 e. The van der Waals surface area contributed by atoms with Crippen molar-refractivity contribution < 1.29 is 13.6 Å². The highest BCUT2D eigenvalue weighted by atomic mass is 19.1. The third kappa shape index (κ3) is 7.52. The van der Waals surface area contributed by atoms with Crippen LogP contribution in [-0.2, 0) is 10.2 Å². The first kappa shape index (κ1) is 28.9. The summed E-state index contributed by atoms with van der Waals surface area (Å²) in [6.45, 7) is 7.62. The van der Waals surface area contributed by atoms with E-state index in [-0.39, 0.29) is 29.5 Å². The molecule has 4 nitrogen and oxygen atoms in total. The molecule has 1 saturated heterocycles. The Bertz CT molecular complexity index is 1140. The van der Waals surface area contributed by atoms with E-state index in [9.17, 15) is 13.6 Å². The molecule has 0 radical (unpaired) electrons. The van der Waals surface area contributed by atoms with Gasteiger partial charge < -0.3 is 16.0 Å². The minimum atomic E-state index is -0.639. The molecule has 0 saturated carbocycles. The van der Waals surface area contributed by atoms with Crippen molar-refractivity contribution in [1.29, 1.82) is 0 Å². The molecule has 1 fully saturated rings. The van der Waals surface area contributed by atoms with Crippen LogP contribution in [0.1, 0.15) is 50.7 Å². The third-order valence-electron chi connectivity index (χ3n) is 8.22. The highest BCUT2D eigenvalue weighted by Gasteiger charge is 2.35. The van der Waals surface area contributed by atoms with Gasteiger partial charge in [-0.15, -0.1) is 0 Å². The molecule has 1 amide bonds. The standard InChI is InChI=1S/C33H41F2N3O/c1-32(2)17-3-5-25(14-19-32)26-15-21-38(22-16-26)20-4-18-33(24-37-31(39)23-36,27-6-10-29(34)11-7-27)28-8-12-30(35)13-9-28/h3,5-14,17,19,26H,4,15-16,18,20-24,36H2,1-2H3,(H,37,39). The normalized spacial score (nSPS) is 18.0. The van der Waals surface area contributed by atoms with Crippen molar-refractivity contribution in [2.45, 2.75) is 44.9 Å². The number of nitrogens with one attached hydrogen (secondary N) is 1. The molecule has 208 valence electrons. The van der Waals surface area contributed by atoms with Crippen LogP contribution in [0.25, 0.3) is 0 Å². The van der Waals surface area contributed by atoms with Gasteiger partial charge in [0.15, 0.2) is 0 Å². The molecule has 0 bridgehead atoms. The van der Waals surface area contributed by atoms with Gasteiger partial charge in [-0.3, -0.25) is 4.79 Å². The summed E-state index contributed by atoms with van der Waals surface area (Å²) in [5, 5.41) is 2.96. The van der Waals surface area contributed by atoms with Crippen LogP contribution < -0.4 is 11.1 Å². The van der Waals surface area contributed by atoms with Gasteiger partial charge >= 0.3 is 0 Å². The number of likely N-dealkylation sites (tertiary alicyclic amines) is 1. The van der Waals surface area contributed by atoms with Crippen molar-refractivity contribution >= 4 is 5.91 Å². The Morgan fingerprint density at radius 1 is 1.00 bits per heavy atom. The highest BCUT2D eigenvalue weighted by Crippen LogP contribution is 2.37. The number of carbonyl (C=O) groups is 1. The number of amides is 1. The van der Waals surface area contributed by atoms with E-state index in [1.807, 2.05) is 0 Å². The zero-order valence-corrected chi connectivity index (χ0v) is 23.1. The van der Waals surface area contributed by atoms with E-state index in [2.05, 4.69) is 54.4 Å². The summed E-state index contributed by atoms with van der Waals surface area (Å²) in [6.07, 6.45) is 15.1. The molecular weight excluding hydrogens is 492 g/mol. The molecule has 1 aliphatic carbocycles. The molecule has 2 aromatic carbocycles. The second-order valence-corrected chi connectivity index (χ2v) is 11.5. The first-order chi connectivity index (χ1) is 18.7. The van der Waals surface area contributed by atoms with Gasteiger partial charge in [-0.2, -0.15) is 0 Å². The van der Waals surface area contributed by atoms with E-state index in [0.29, 0.717) is 18.9 Å². The molecule has 0 aromatic heterocycles. The van der Waals surface area contributed by atoms with E-state index >= 15 is 0 Å². The van der Waals surface area contributed by atoms with E-state index in [1.165, 1.54) is 29.8 Å². The van der Waals surface area contributed by atoms with Crippen LogP contribution in [0.15, 0.2) is 84.5 Å². The second kappa shape index (κ2) is 12.8. The molecule has 4 rings (SSSR count). The van der Waals surface area contributed by atoms with Crippen LogP contribution >= 0.6 is 0 Å². The van der Waals surface area contributed by atoms with Crippen molar-refractivity contribution in [3.05, 3.63) is 107 Å². The zero-order valence-electron chi connectivity index (χ0n) is 23.1. The average Bonchev–Trinajstić information content (AvgIpc) is 3.12. The summed E-state index contributed by atoms with van der Waals surface area (Å²) in [5.74, 6) is -0.331. The third-order valence-corrected chi connectivity index (χ3v) is 8.22. The van der Waals surface area contributed by atoms with E-state index < -0.39 is 5.41 Å². The van der Waals surface area contributed by atoms with Crippen LogP contribution in [-0.4, -0.2) is 43.5 Å². The van der Waals surface area contributed by atoms with E-state index in [4.69, 9.17) is 5.73 Å². The molecule has 39 heavy (non-hydrogen) atoms. The number of allylic oxidation sites excluding steroid dienone is 6. The number of halogens is 2. The Labute approximate surface area is 231 Å². The Kier molecular flexibility index (Phi) is 9.52. The number of nitrogens with zero attached hydrogens (tertiary/aromatic N) is 1. The Morgan fingerprint density at radius 2 is 1.59 bits per heavy atom. The molecule has 2 aliphatic rings. The lowest BCUT2D eigenvalue weighted by Crippen LogP contribution is -2.44. The fraction of sp³-hybridized carbons (Fsp3) is 0.424. The van der Waals surface area contributed by atoms with Gasteiger partial charge in [-0.1, -0.05) is 68.5 Å². The average molecular weight is 534 g/mol. The smallest absolute Gasteiger partial charge is 0.233 e. The summed E-state index contributed by atoms with van der Waals surface area (Å²) < 4.78 is 27.7. The predicted molar refractivity (Wildman–Crippen MR) is 154 cm³/mol. The van der Waals surface area contributed by atoms with Gasteiger partial charge in [-0.25, -0.2) is 8.78 Å². The number of carbonyl (C=O) groups excluding carboxylic acids is 1. The van der Waals surface area contributed by atoms with Gasteiger partial charge in [0.2, 0.25) is 5.91 Å². The topological polar surface area (TPSA) is 58.4 Å². The molecular formula is C33H41F2N3O. The summed E-state index contributed by atoms with van der Waals surface area (Å²) >= 11 is 0. The van der Waals surface area contributed by atoms with Crippen LogP contribution in [0, 0.1) is 23.0 Å². The molecule has 2 aromatic rings. The zero-order chi connectivity index (χ0) is 27.9. The molecule has 1 aliphatic heterocycles. The van der Waals surface area contributed by atoms with Crippen LogP contribution in [0.2, 0.25) is 0 Å². The van der Waals surface area contributed by atoms with Gasteiger partial charge in [0.25, 0.3) is 0 Å². The minimum absolute atomic E-state index is 0.0874. The molecule has 1 heterocycles. The maximum absolute atomic E-state index is 13.9. The predicted octanol–water partition coefficient (Wildman–Crippen LogP) is 5.90. The fourth-order valence-corrected chi connectivity index (χ4v) is 5.80. The monoisotopic (exact) mass is 533 g/mol. The minimum Gasteiger partial charge on any atom is -0.354 e. The Hall–Kier alpha value is -3.09. The Morgan fingerprint density at radius 3 is 2.15 bits per heavy atom. The van der Waals surface area contributed by atoms with Crippen molar-refractivity contribution in [1.82, 2.24) is 10.2 Å². The van der Waals surface area contributed by atoms with Crippen LogP contribution in [0.5, 0.6) is 0 Å². The molecule has 6 heteroatoms. The van der Waals surface area contributed by atoms with Gasteiger partial charge in [-0.05, 0) is 92.2 Å². The summed E-state index contributed by atoms with van der Waals surface area (Å²) in [4.78, 5) is 14.7. The largest absolute Gasteiger partial charge is 0.354 e. The molecule has 0 unspecified atom stereocenters. The number of benzene rings is 2. The highest BCUT2D eigenvalue weighted by molar-refractivity contribution is 5.78. The van der Waals surface area contributed by atoms with Gasteiger partial charge in [0.1, 0.15) is 11.6 Å². The van der Waals surface area contributed by atoms with Crippen molar-refractivity contribution in [3.63, 3.8) is 0 Å². The number of rotatable bonds is 10. The lowest BCUT2D eigenvalue weighted by molar-refractivity contribution is -0.119. The first-order valence-electron chi connectivity index (χ1n) is 14.0. The van der Waals surface area contributed by atoms with Crippen LogP contribution in [0.3, 0.4) is 0 Å². The lowest BCUT2D eigenvalue weighted by Gasteiger charge is -2.37.